The van der Waals surface area contributed by atoms with Gasteiger partial charge in [0, 0.05) is 10.7 Å². The Morgan fingerprint density at radius 3 is 2.58 bits per heavy atom. The van der Waals surface area contributed by atoms with Gasteiger partial charge in [-0.05, 0) is 30.7 Å². The molecule has 0 bridgehead atoms. The molecule has 0 aliphatic rings. The molecule has 3 nitrogen and oxygen atoms in total. The van der Waals surface area contributed by atoms with E-state index in [2.05, 4.69) is 5.32 Å². The SMILES string of the molecule is Cc1cccc(C(Nc2cccc(Cl)c2)C(N)=O)c1. The molecule has 19 heavy (non-hydrogen) atoms. The summed E-state index contributed by atoms with van der Waals surface area (Å²) in [6, 6.07) is 14.3. The third kappa shape index (κ3) is 3.48. The van der Waals surface area contributed by atoms with Crippen molar-refractivity contribution in [3.05, 3.63) is 64.7 Å². The molecular formula is C15H15ClN2O. The first-order valence-electron chi connectivity index (χ1n) is 5.94. The van der Waals surface area contributed by atoms with Gasteiger partial charge in [0.2, 0.25) is 5.91 Å². The summed E-state index contributed by atoms with van der Waals surface area (Å²) in [5, 5.41) is 3.71. The molecule has 0 heterocycles. The second-order valence-electron chi connectivity index (χ2n) is 4.40. The molecule has 0 aromatic heterocycles. The number of hydrogen-bond donors (Lipinski definition) is 2. The zero-order valence-electron chi connectivity index (χ0n) is 10.6. The lowest BCUT2D eigenvalue weighted by atomic mass is 10.0. The summed E-state index contributed by atoms with van der Waals surface area (Å²) in [6.45, 7) is 1.97. The van der Waals surface area contributed by atoms with E-state index in [4.69, 9.17) is 17.3 Å². The number of rotatable bonds is 4. The van der Waals surface area contributed by atoms with Gasteiger partial charge in [0.25, 0.3) is 0 Å². The first-order valence-corrected chi connectivity index (χ1v) is 6.32. The highest BCUT2D eigenvalue weighted by Crippen LogP contribution is 2.22. The van der Waals surface area contributed by atoms with Crippen LogP contribution in [0.15, 0.2) is 48.5 Å². The van der Waals surface area contributed by atoms with E-state index in [1.54, 1.807) is 12.1 Å². The minimum Gasteiger partial charge on any atom is -0.370 e. The number of carbonyl (C=O) groups is 1. The van der Waals surface area contributed by atoms with E-state index >= 15 is 0 Å². The summed E-state index contributed by atoms with van der Waals surface area (Å²) in [5.41, 5.74) is 8.15. The molecule has 3 N–H and O–H groups in total. The van der Waals surface area contributed by atoms with Crippen molar-refractivity contribution >= 4 is 23.2 Å². The Morgan fingerprint density at radius 2 is 1.95 bits per heavy atom. The number of aryl methyl sites for hydroxylation is 1. The van der Waals surface area contributed by atoms with Crippen molar-refractivity contribution in [3.63, 3.8) is 0 Å². The lowest BCUT2D eigenvalue weighted by Crippen LogP contribution is -2.27. The van der Waals surface area contributed by atoms with E-state index in [1.165, 1.54) is 0 Å². The van der Waals surface area contributed by atoms with Crippen molar-refractivity contribution < 1.29 is 4.79 Å². The van der Waals surface area contributed by atoms with Gasteiger partial charge in [0.05, 0.1) is 0 Å². The standard InChI is InChI=1S/C15H15ClN2O/c1-10-4-2-5-11(8-10)14(15(17)19)18-13-7-3-6-12(16)9-13/h2-9,14,18H,1H3,(H2,17,19). The van der Waals surface area contributed by atoms with Crippen LogP contribution < -0.4 is 11.1 Å². The molecule has 0 radical (unpaired) electrons. The Kier molecular flexibility index (Phi) is 4.07. The normalized spacial score (nSPS) is 11.9. The third-order valence-electron chi connectivity index (χ3n) is 2.80. The zero-order valence-corrected chi connectivity index (χ0v) is 11.3. The maximum atomic E-state index is 11.6. The summed E-state index contributed by atoms with van der Waals surface area (Å²) >= 11 is 5.92. The van der Waals surface area contributed by atoms with Gasteiger partial charge in [-0.3, -0.25) is 4.79 Å². The van der Waals surface area contributed by atoms with E-state index in [9.17, 15) is 4.79 Å². The Hall–Kier alpha value is -2.00. The summed E-state index contributed by atoms with van der Waals surface area (Å²) in [6.07, 6.45) is 0. The first-order chi connectivity index (χ1) is 9.06. The fourth-order valence-electron chi connectivity index (χ4n) is 1.91. The summed E-state index contributed by atoms with van der Waals surface area (Å²) in [5.74, 6) is -0.425. The van der Waals surface area contributed by atoms with E-state index in [1.807, 2.05) is 43.3 Å². The highest BCUT2D eigenvalue weighted by molar-refractivity contribution is 6.30. The zero-order chi connectivity index (χ0) is 13.8. The van der Waals surface area contributed by atoms with Gasteiger partial charge in [-0.1, -0.05) is 47.5 Å². The summed E-state index contributed by atoms with van der Waals surface area (Å²) < 4.78 is 0. The number of amides is 1. The molecule has 0 saturated carbocycles. The Balaban J connectivity index is 2.29. The molecular weight excluding hydrogens is 260 g/mol. The van der Waals surface area contributed by atoms with Crippen LogP contribution in [-0.4, -0.2) is 5.91 Å². The number of hydrogen-bond acceptors (Lipinski definition) is 2. The smallest absolute Gasteiger partial charge is 0.244 e. The molecule has 1 atom stereocenters. The van der Waals surface area contributed by atoms with Gasteiger partial charge >= 0.3 is 0 Å². The molecule has 4 heteroatoms. The highest BCUT2D eigenvalue weighted by Gasteiger charge is 2.17. The highest BCUT2D eigenvalue weighted by atomic mass is 35.5. The van der Waals surface area contributed by atoms with Gasteiger partial charge < -0.3 is 11.1 Å². The fourth-order valence-corrected chi connectivity index (χ4v) is 2.10. The van der Waals surface area contributed by atoms with Crippen LogP contribution >= 0.6 is 11.6 Å². The van der Waals surface area contributed by atoms with Crippen molar-refractivity contribution in [2.75, 3.05) is 5.32 Å². The van der Waals surface area contributed by atoms with Crippen LogP contribution in [0.3, 0.4) is 0 Å². The molecule has 0 aliphatic heterocycles. The van der Waals surface area contributed by atoms with Gasteiger partial charge in [0.15, 0.2) is 0 Å². The quantitative estimate of drug-likeness (QED) is 0.899. The van der Waals surface area contributed by atoms with Crippen LogP contribution in [0, 0.1) is 6.92 Å². The average molecular weight is 275 g/mol. The lowest BCUT2D eigenvalue weighted by Gasteiger charge is -2.17. The predicted molar refractivity (Wildman–Crippen MR) is 78.2 cm³/mol. The third-order valence-corrected chi connectivity index (χ3v) is 3.03. The number of anilines is 1. The van der Waals surface area contributed by atoms with E-state index < -0.39 is 11.9 Å². The summed E-state index contributed by atoms with van der Waals surface area (Å²) in [7, 11) is 0. The fraction of sp³-hybridized carbons (Fsp3) is 0.133. The molecule has 0 spiro atoms. The largest absolute Gasteiger partial charge is 0.370 e. The van der Waals surface area contributed by atoms with Crippen molar-refractivity contribution in [3.8, 4) is 0 Å². The van der Waals surface area contributed by atoms with Crippen molar-refractivity contribution in [1.29, 1.82) is 0 Å². The number of nitrogens with two attached hydrogens (primary N) is 1. The molecule has 2 rings (SSSR count). The van der Waals surface area contributed by atoms with E-state index in [-0.39, 0.29) is 0 Å². The first kappa shape index (κ1) is 13.4. The van der Waals surface area contributed by atoms with Crippen molar-refractivity contribution in [2.24, 2.45) is 5.73 Å². The van der Waals surface area contributed by atoms with Gasteiger partial charge in [0.1, 0.15) is 6.04 Å². The van der Waals surface area contributed by atoms with Crippen LogP contribution in [0.25, 0.3) is 0 Å². The molecule has 1 amide bonds. The van der Waals surface area contributed by atoms with E-state index in [0.29, 0.717) is 5.02 Å². The molecule has 0 saturated heterocycles. The Morgan fingerprint density at radius 1 is 1.21 bits per heavy atom. The topological polar surface area (TPSA) is 55.1 Å². The van der Waals surface area contributed by atoms with Crippen LogP contribution in [0.2, 0.25) is 5.02 Å². The maximum absolute atomic E-state index is 11.6. The number of halogens is 1. The lowest BCUT2D eigenvalue weighted by molar-refractivity contribution is -0.118. The second kappa shape index (κ2) is 5.76. The van der Waals surface area contributed by atoms with Crippen LogP contribution in [0.5, 0.6) is 0 Å². The monoisotopic (exact) mass is 274 g/mol. The second-order valence-corrected chi connectivity index (χ2v) is 4.84. The Labute approximate surface area is 117 Å². The van der Waals surface area contributed by atoms with E-state index in [0.717, 1.165) is 16.8 Å². The summed E-state index contributed by atoms with van der Waals surface area (Å²) in [4.78, 5) is 11.6. The number of benzene rings is 2. The molecule has 1 unspecified atom stereocenters. The van der Waals surface area contributed by atoms with Gasteiger partial charge in [-0.2, -0.15) is 0 Å². The maximum Gasteiger partial charge on any atom is 0.244 e. The minimum atomic E-state index is -0.571. The molecule has 2 aromatic rings. The van der Waals surface area contributed by atoms with Crippen LogP contribution in [0.1, 0.15) is 17.2 Å². The number of nitrogens with one attached hydrogen (secondary N) is 1. The molecule has 2 aromatic carbocycles. The molecule has 98 valence electrons. The number of primary amides is 1. The number of carbonyl (C=O) groups excluding carboxylic acids is 1. The molecule has 0 fully saturated rings. The predicted octanol–water partition coefficient (Wildman–Crippen LogP) is 3.29. The Bertz CT molecular complexity index is 598. The molecule has 0 aliphatic carbocycles. The van der Waals surface area contributed by atoms with Gasteiger partial charge in [-0.15, -0.1) is 0 Å². The minimum absolute atomic E-state index is 0.425. The van der Waals surface area contributed by atoms with Crippen LogP contribution in [0.4, 0.5) is 5.69 Å². The van der Waals surface area contributed by atoms with Crippen molar-refractivity contribution in [2.45, 2.75) is 13.0 Å². The van der Waals surface area contributed by atoms with Crippen molar-refractivity contribution in [1.82, 2.24) is 0 Å². The van der Waals surface area contributed by atoms with Gasteiger partial charge in [-0.25, -0.2) is 0 Å². The van der Waals surface area contributed by atoms with Crippen LogP contribution in [-0.2, 0) is 4.79 Å². The average Bonchev–Trinajstić information content (AvgIpc) is 2.35.